The van der Waals surface area contributed by atoms with Crippen LogP contribution in [-0.4, -0.2) is 56.3 Å². The third-order valence-electron chi connectivity index (χ3n) is 6.27. The van der Waals surface area contributed by atoms with Crippen LogP contribution in [0.3, 0.4) is 0 Å². The van der Waals surface area contributed by atoms with Gasteiger partial charge in [-0.05, 0) is 69.3 Å². The predicted molar refractivity (Wildman–Crippen MR) is 203 cm³/mol. The first-order chi connectivity index (χ1) is 19.6. The molecule has 0 fully saturated rings. The summed E-state index contributed by atoms with van der Waals surface area (Å²) < 4.78 is 1.61. The third kappa shape index (κ3) is 27.6. The van der Waals surface area contributed by atoms with Gasteiger partial charge in [0.25, 0.3) is 0 Å². The van der Waals surface area contributed by atoms with Crippen LogP contribution in [0, 0.1) is 0 Å². The minimum atomic E-state index is 0. The van der Waals surface area contributed by atoms with E-state index in [1.54, 1.807) is 11.8 Å². The Morgan fingerprint density at radius 1 is 0.690 bits per heavy atom. The number of thioether (sulfide) groups is 1. The van der Waals surface area contributed by atoms with Crippen LogP contribution < -0.4 is 29.6 Å². The molecule has 0 bridgehead atoms. The van der Waals surface area contributed by atoms with Crippen molar-refractivity contribution >= 4 is 69.1 Å². The average molecular weight is 682 g/mol. The third-order valence-corrected chi connectivity index (χ3v) is 8.20. The molecule has 2 atom stereocenters. The van der Waals surface area contributed by atoms with E-state index < -0.39 is 0 Å². The monoisotopic (exact) mass is 680 g/mol. The summed E-state index contributed by atoms with van der Waals surface area (Å²) in [6.07, 6.45) is 2.45. The quantitative estimate of drug-likeness (QED) is 0.113. The van der Waals surface area contributed by atoms with E-state index in [4.69, 9.17) is 48.7 Å². The van der Waals surface area contributed by atoms with E-state index in [1.807, 2.05) is 25.7 Å². The summed E-state index contributed by atoms with van der Waals surface area (Å²) in [6.45, 7) is 25.2. The Hall–Kier alpha value is 0.0800. The van der Waals surface area contributed by atoms with Crippen LogP contribution in [0.5, 0.6) is 0 Å². The molecule has 2 unspecified atom stereocenters. The van der Waals surface area contributed by atoms with E-state index in [0.29, 0.717) is 16.2 Å². The first-order valence-corrected chi connectivity index (χ1v) is 17.9. The summed E-state index contributed by atoms with van der Waals surface area (Å²) in [5.41, 5.74) is 2.90. The van der Waals surface area contributed by atoms with Crippen molar-refractivity contribution in [2.75, 3.05) is 37.8 Å². The molecule has 0 aliphatic heterocycles. The van der Waals surface area contributed by atoms with E-state index >= 15 is 0 Å². The summed E-state index contributed by atoms with van der Waals surface area (Å²) in [6, 6.07) is 21.3. The molecule has 0 aliphatic rings. The zero-order valence-electron chi connectivity index (χ0n) is 28.5. The van der Waals surface area contributed by atoms with Crippen LogP contribution in [0.4, 0.5) is 0 Å². The molecule has 0 radical (unpaired) electrons. The fourth-order valence-corrected chi connectivity index (χ4v) is 5.03. The molecule has 0 N–H and O–H groups in total. The predicted octanol–water partition coefficient (Wildman–Crippen LogP) is 8.18. The first-order valence-electron chi connectivity index (χ1n) is 15.1. The van der Waals surface area contributed by atoms with Gasteiger partial charge in [0, 0.05) is 32.1 Å². The van der Waals surface area contributed by atoms with E-state index in [2.05, 4.69) is 114 Å². The molecule has 8 heteroatoms. The van der Waals surface area contributed by atoms with Gasteiger partial charge in [0.15, 0.2) is 0 Å². The molecule has 0 saturated heterocycles. The molecule has 0 saturated carbocycles. The van der Waals surface area contributed by atoms with E-state index in [1.165, 1.54) is 24.0 Å². The number of hydrogen-bond donors (Lipinski definition) is 0. The van der Waals surface area contributed by atoms with Crippen molar-refractivity contribution in [2.45, 2.75) is 93.9 Å². The average Bonchev–Trinajstić information content (AvgIpc) is 3.00. The maximum atomic E-state index is 5.16. The SMILES string of the molecule is CCC(C)c1ccccc1.CCC(C)c1ccccc1.CCCl.CCN(CC)C(=S)[S-].CCSC(=S)N(CC)CC.[Na+]. The van der Waals surface area contributed by atoms with Gasteiger partial charge in [0.05, 0.1) is 0 Å². The molecule has 236 valence electrons. The van der Waals surface area contributed by atoms with Gasteiger partial charge in [-0.3, -0.25) is 0 Å². The van der Waals surface area contributed by atoms with Crippen molar-refractivity contribution in [3.63, 3.8) is 0 Å². The summed E-state index contributed by atoms with van der Waals surface area (Å²) >= 11 is 21.4. The van der Waals surface area contributed by atoms with Gasteiger partial charge in [-0.25, -0.2) is 0 Å². The largest absolute Gasteiger partial charge is 1.00 e. The molecular formula is C34H58ClN2NaS4. The molecule has 2 nitrogen and oxygen atoms in total. The minimum Gasteiger partial charge on any atom is -0.411 e. The fourth-order valence-electron chi connectivity index (χ4n) is 3.21. The summed E-state index contributed by atoms with van der Waals surface area (Å²) in [7, 11) is 0. The Morgan fingerprint density at radius 2 is 1.00 bits per heavy atom. The Bertz CT molecular complexity index is 790. The Balaban J connectivity index is -0.000000221. The summed E-state index contributed by atoms with van der Waals surface area (Å²) in [5, 5.41) is 0. The van der Waals surface area contributed by atoms with E-state index in [-0.39, 0.29) is 29.6 Å². The van der Waals surface area contributed by atoms with Crippen LogP contribution in [0.15, 0.2) is 60.7 Å². The number of rotatable bonds is 9. The van der Waals surface area contributed by atoms with Crippen molar-refractivity contribution in [3.05, 3.63) is 71.8 Å². The van der Waals surface area contributed by atoms with Gasteiger partial charge in [-0.2, -0.15) is 0 Å². The molecule has 0 spiro atoms. The van der Waals surface area contributed by atoms with Crippen LogP contribution in [0.2, 0.25) is 0 Å². The van der Waals surface area contributed by atoms with Gasteiger partial charge in [0.1, 0.15) is 4.32 Å². The maximum absolute atomic E-state index is 5.16. The first kappa shape index (κ1) is 49.0. The number of nitrogens with zero attached hydrogens (tertiary/aromatic N) is 2. The van der Waals surface area contributed by atoms with E-state index in [9.17, 15) is 0 Å². The molecule has 42 heavy (non-hydrogen) atoms. The number of hydrogen-bond acceptors (Lipinski definition) is 4. The molecular weight excluding hydrogens is 623 g/mol. The smallest absolute Gasteiger partial charge is 0.411 e. The fraction of sp³-hybridized carbons (Fsp3) is 0.588. The second-order valence-corrected chi connectivity index (χ2v) is 12.5. The number of benzene rings is 2. The van der Waals surface area contributed by atoms with Gasteiger partial charge in [-0.15, -0.1) is 11.6 Å². The number of alkyl halides is 1. The number of thiocarbonyl (C=S) groups is 2. The molecule has 0 amide bonds. The van der Waals surface area contributed by atoms with Gasteiger partial charge < -0.3 is 34.6 Å². The second kappa shape index (κ2) is 35.6. The second-order valence-electron chi connectivity index (χ2n) is 9.02. The van der Waals surface area contributed by atoms with Crippen molar-refractivity contribution in [1.82, 2.24) is 9.80 Å². The van der Waals surface area contributed by atoms with Crippen LogP contribution >= 0.6 is 47.8 Å². The normalized spacial score (nSPS) is 10.5. The maximum Gasteiger partial charge on any atom is 1.00 e. The van der Waals surface area contributed by atoms with Gasteiger partial charge in [-0.1, -0.05) is 131 Å². The topological polar surface area (TPSA) is 6.48 Å². The standard InChI is InChI=1S/2C10H14.C7H15NS2.C5H11NS2.C2H5Cl.Na/c2*1-3-9(2)10-7-5-4-6-8-10;1-4-8(5-2)7(9)10-6-3;1-3-6(4-2)5(7)8;1-2-3;/h2*4-9H,3H2,1-2H3;4-6H2,1-3H3;3-4H2,1-2H3,(H,7,8);2H2,1H3;/q;;;;;+1/p-1. The molecule has 0 aliphatic carbocycles. The molecule has 2 aromatic rings. The van der Waals surface area contributed by atoms with Crippen LogP contribution in [0.1, 0.15) is 105 Å². The molecule has 0 aromatic heterocycles. The Kier molecular flexibility index (Phi) is 41.5. The van der Waals surface area contributed by atoms with Gasteiger partial charge in [0.2, 0.25) is 0 Å². The minimum absolute atomic E-state index is 0. The zero-order valence-corrected chi connectivity index (χ0v) is 34.5. The van der Waals surface area contributed by atoms with Crippen molar-refractivity contribution in [3.8, 4) is 0 Å². The Labute approximate surface area is 309 Å². The van der Waals surface area contributed by atoms with Crippen LogP contribution in [0.25, 0.3) is 0 Å². The summed E-state index contributed by atoms with van der Waals surface area (Å²) in [5.74, 6) is 3.22. The Morgan fingerprint density at radius 3 is 1.19 bits per heavy atom. The van der Waals surface area contributed by atoms with Crippen LogP contribution in [-0.2, 0) is 12.6 Å². The molecule has 2 aromatic carbocycles. The number of halogens is 1. The molecule has 2 rings (SSSR count). The summed E-state index contributed by atoms with van der Waals surface area (Å²) in [4.78, 5) is 4.16. The zero-order chi connectivity index (χ0) is 32.1. The van der Waals surface area contributed by atoms with Gasteiger partial charge >= 0.3 is 29.6 Å². The van der Waals surface area contributed by atoms with Crippen molar-refractivity contribution < 1.29 is 29.6 Å². The van der Waals surface area contributed by atoms with Crippen molar-refractivity contribution in [2.24, 2.45) is 0 Å². The molecule has 0 heterocycles. The van der Waals surface area contributed by atoms with Crippen molar-refractivity contribution in [1.29, 1.82) is 0 Å². The van der Waals surface area contributed by atoms with E-state index in [0.717, 1.165) is 42.1 Å².